The van der Waals surface area contributed by atoms with Crippen LogP contribution in [-0.2, 0) is 0 Å². The summed E-state index contributed by atoms with van der Waals surface area (Å²) >= 11 is 1.11. The van der Waals surface area contributed by atoms with Gasteiger partial charge in [0.1, 0.15) is 16.8 Å². The number of aromatic amines is 1. The second kappa shape index (κ2) is 11.2. The van der Waals surface area contributed by atoms with Crippen LogP contribution in [0.25, 0.3) is 28.1 Å². The number of nitrogens with one attached hydrogen (secondary N) is 1. The molecule has 0 aliphatic carbocycles. The second-order valence-electron chi connectivity index (χ2n) is 8.65. The summed E-state index contributed by atoms with van der Waals surface area (Å²) in [5.41, 5.74) is 4.18. The highest BCUT2D eigenvalue weighted by Gasteiger charge is 2.31. The third-order valence-electron chi connectivity index (χ3n) is 6.11. The molecule has 0 amide bonds. The highest BCUT2D eigenvalue weighted by atomic mass is 32.2. The van der Waals surface area contributed by atoms with E-state index in [1.165, 1.54) is 4.68 Å². The van der Waals surface area contributed by atoms with Gasteiger partial charge in [-0.05, 0) is 40.6 Å². The lowest BCUT2D eigenvalue weighted by molar-refractivity contribution is -0.672. The lowest BCUT2D eigenvalue weighted by atomic mass is 9.98. The molecule has 1 N–H and O–H groups in total. The van der Waals surface area contributed by atoms with Gasteiger partial charge in [0.2, 0.25) is 11.5 Å². The molecule has 0 aliphatic heterocycles. The van der Waals surface area contributed by atoms with Crippen molar-refractivity contribution in [1.82, 2.24) is 10.3 Å². The number of hydrogen-bond acceptors (Lipinski definition) is 7. The van der Waals surface area contributed by atoms with E-state index in [-0.39, 0.29) is 11.4 Å². The number of H-pyrrole nitrogens is 1. The number of pyridine rings is 1. The summed E-state index contributed by atoms with van der Waals surface area (Å²) in [6, 6.07) is 28.5. The van der Waals surface area contributed by atoms with Gasteiger partial charge in [-0.3, -0.25) is 9.32 Å². The number of thioether (sulfide) groups is 1. The number of rotatable bonds is 8. The molecule has 0 bridgehead atoms. The molecule has 2 heterocycles. The van der Waals surface area contributed by atoms with E-state index < -0.39 is 11.4 Å². The summed E-state index contributed by atoms with van der Waals surface area (Å²) in [6.45, 7) is 2.00. The minimum atomic E-state index is -0.789. The molecule has 0 radical (unpaired) electrons. The Morgan fingerprint density at radius 3 is 2.44 bits per heavy atom. The predicted octanol–water partition coefficient (Wildman–Crippen LogP) is 5.14. The fourth-order valence-corrected chi connectivity index (χ4v) is 4.95. The fraction of sp³-hybridized carbons (Fsp3) is 0.100. The topological polar surface area (TPSA) is 113 Å². The summed E-state index contributed by atoms with van der Waals surface area (Å²) in [7, 11) is 1.55. The number of carbonyl (C=O) groups excluding carboxylic acids is 1. The van der Waals surface area contributed by atoms with Gasteiger partial charge in [-0.25, -0.2) is 9.78 Å². The zero-order valence-electron chi connectivity index (χ0n) is 21.2. The van der Waals surface area contributed by atoms with Crippen LogP contribution in [0.1, 0.15) is 21.6 Å². The maximum atomic E-state index is 13.3. The Kier molecular flexibility index (Phi) is 7.39. The lowest BCUT2D eigenvalue weighted by Gasteiger charge is -2.12. The molecule has 0 saturated carbocycles. The Balaban J connectivity index is 1.52. The van der Waals surface area contributed by atoms with E-state index in [9.17, 15) is 14.9 Å². The van der Waals surface area contributed by atoms with Gasteiger partial charge in [0, 0.05) is 23.3 Å². The van der Waals surface area contributed by atoms with Gasteiger partial charge in [0.05, 0.1) is 24.1 Å². The molecule has 0 fully saturated rings. The molecular weight excluding hydrogens is 512 g/mol. The minimum Gasteiger partial charge on any atom is -0.497 e. The average Bonchev–Trinajstić information content (AvgIpc) is 3.37. The second-order valence-corrected chi connectivity index (χ2v) is 9.62. The summed E-state index contributed by atoms with van der Waals surface area (Å²) < 4.78 is 11.4. The number of ketones is 1. The Morgan fingerprint density at radius 1 is 1.05 bits per heavy atom. The molecule has 0 aliphatic rings. The average molecular weight is 536 g/mol. The van der Waals surface area contributed by atoms with E-state index >= 15 is 0 Å². The van der Waals surface area contributed by atoms with Crippen molar-refractivity contribution < 1.29 is 18.7 Å². The van der Waals surface area contributed by atoms with E-state index in [2.05, 4.69) is 11.3 Å². The fourth-order valence-electron chi connectivity index (χ4n) is 4.08. The van der Waals surface area contributed by atoms with Crippen LogP contribution in [0, 0.1) is 18.3 Å². The van der Waals surface area contributed by atoms with Gasteiger partial charge < -0.3 is 4.74 Å². The van der Waals surface area contributed by atoms with E-state index in [1.54, 1.807) is 31.4 Å². The van der Waals surface area contributed by atoms with E-state index in [0.29, 0.717) is 27.7 Å². The number of ether oxygens (including phenoxy) is 1. The monoisotopic (exact) mass is 535 g/mol. The first-order chi connectivity index (χ1) is 19.0. The first-order valence-electron chi connectivity index (χ1n) is 12.0. The van der Waals surface area contributed by atoms with Crippen molar-refractivity contribution in [3.63, 3.8) is 0 Å². The smallest absolute Gasteiger partial charge is 0.438 e. The van der Waals surface area contributed by atoms with Crippen molar-refractivity contribution >= 4 is 17.5 Å². The molecule has 39 heavy (non-hydrogen) atoms. The number of nitriles is 1. The first kappa shape index (κ1) is 25.7. The SMILES string of the molecule is COc1ccc(-[n+]2[nH]oc(=O)c2C(=O)CSc2nc(-c3ccccc3)cc(-c3ccc(C)cc3)c2C#N)cc1. The summed E-state index contributed by atoms with van der Waals surface area (Å²) in [6.07, 6.45) is 0. The van der Waals surface area contributed by atoms with Crippen LogP contribution in [-0.4, -0.2) is 28.9 Å². The first-order valence-corrected chi connectivity index (χ1v) is 13.0. The Morgan fingerprint density at radius 2 is 1.77 bits per heavy atom. The number of methoxy groups -OCH3 is 1. The largest absolute Gasteiger partial charge is 0.497 e. The van der Waals surface area contributed by atoms with Gasteiger partial charge >= 0.3 is 11.3 Å². The summed E-state index contributed by atoms with van der Waals surface area (Å²) in [4.78, 5) is 30.5. The predicted molar refractivity (Wildman–Crippen MR) is 147 cm³/mol. The molecule has 192 valence electrons. The molecule has 0 saturated heterocycles. The number of aromatic nitrogens is 3. The molecule has 8 nitrogen and oxygen atoms in total. The summed E-state index contributed by atoms with van der Waals surface area (Å²) in [5.74, 6) is 0.0244. The van der Waals surface area contributed by atoms with Crippen molar-refractivity contribution in [3.8, 4) is 39.9 Å². The van der Waals surface area contributed by atoms with Crippen LogP contribution in [0.4, 0.5) is 0 Å². The van der Waals surface area contributed by atoms with Gasteiger partial charge in [0.25, 0.3) is 0 Å². The zero-order valence-corrected chi connectivity index (χ0v) is 22.0. The minimum absolute atomic E-state index is 0.133. The third kappa shape index (κ3) is 5.37. The molecule has 0 unspecified atom stereocenters. The Bertz CT molecular complexity index is 1740. The molecular formula is C30H23N4O4S+. The van der Waals surface area contributed by atoms with Crippen LogP contribution >= 0.6 is 11.8 Å². The zero-order chi connectivity index (χ0) is 27.4. The molecule has 0 spiro atoms. The number of Topliss-reactive ketones (excluding diaryl/α,β-unsaturated/α-hetero) is 1. The van der Waals surface area contributed by atoms with Crippen LogP contribution in [0.5, 0.6) is 5.75 Å². The lowest BCUT2D eigenvalue weighted by Crippen LogP contribution is -2.41. The van der Waals surface area contributed by atoms with Crippen LogP contribution in [0.2, 0.25) is 0 Å². The number of carbonyl (C=O) groups is 1. The molecule has 3 aromatic carbocycles. The van der Waals surface area contributed by atoms with Gasteiger partial charge in [0.15, 0.2) is 0 Å². The van der Waals surface area contributed by atoms with Crippen molar-refractivity contribution in [1.29, 1.82) is 5.26 Å². The maximum absolute atomic E-state index is 13.3. The molecule has 5 rings (SSSR count). The Hall–Kier alpha value is -4.94. The molecule has 9 heteroatoms. The highest BCUT2D eigenvalue weighted by molar-refractivity contribution is 8.00. The normalized spacial score (nSPS) is 10.7. The van der Waals surface area contributed by atoms with E-state index in [1.807, 2.05) is 67.6 Å². The quantitative estimate of drug-likeness (QED) is 0.166. The standard InChI is InChI=1S/C30H22N4O4S/c1-19-8-10-20(11-9-19)24-16-26(21-6-4-3-5-7-21)32-29(25(24)17-31)39-18-27(35)28-30(36)38-33-34(28)22-12-14-23(37-2)15-13-22/h3-16H,18H2,1-2H3/p+1. The number of aryl methyl sites for hydroxylation is 1. The van der Waals surface area contributed by atoms with Gasteiger partial charge in [-0.1, -0.05) is 71.9 Å². The van der Waals surface area contributed by atoms with Crippen LogP contribution in [0.15, 0.2) is 99.3 Å². The Labute approximate surface area is 228 Å². The number of nitrogens with zero attached hydrogens (tertiary/aromatic N) is 3. The van der Waals surface area contributed by atoms with Gasteiger partial charge in [-0.2, -0.15) is 5.26 Å². The summed E-state index contributed by atoms with van der Waals surface area (Å²) in [5, 5.41) is 13.0. The molecule has 2 aromatic heterocycles. The van der Waals surface area contributed by atoms with Crippen LogP contribution < -0.4 is 15.0 Å². The van der Waals surface area contributed by atoms with Crippen LogP contribution in [0.3, 0.4) is 0 Å². The third-order valence-corrected chi connectivity index (χ3v) is 7.09. The van der Waals surface area contributed by atoms with Crippen molar-refractivity contribution in [3.05, 3.63) is 112 Å². The van der Waals surface area contributed by atoms with E-state index in [4.69, 9.17) is 14.2 Å². The van der Waals surface area contributed by atoms with Crippen molar-refractivity contribution in [2.45, 2.75) is 11.9 Å². The number of benzene rings is 3. The van der Waals surface area contributed by atoms with Crippen molar-refractivity contribution in [2.75, 3.05) is 12.9 Å². The molecule has 5 aromatic rings. The number of hydrogen-bond donors (Lipinski definition) is 1. The highest BCUT2D eigenvalue weighted by Crippen LogP contribution is 2.34. The maximum Gasteiger partial charge on any atom is 0.438 e. The van der Waals surface area contributed by atoms with E-state index in [0.717, 1.165) is 34.0 Å². The molecule has 0 atom stereocenters. The van der Waals surface area contributed by atoms with Gasteiger partial charge in [-0.15, -0.1) is 0 Å². The van der Waals surface area contributed by atoms with Crippen molar-refractivity contribution in [2.24, 2.45) is 0 Å².